The number of carbonyl (C=O) groups excluding carboxylic acids is 1. The molecule has 1 aliphatic rings. The second-order valence-electron chi connectivity index (χ2n) is 8.27. The summed E-state index contributed by atoms with van der Waals surface area (Å²) in [6, 6.07) is 11.6. The molecule has 1 aliphatic heterocycles. The van der Waals surface area contributed by atoms with Gasteiger partial charge in [0, 0.05) is 32.5 Å². The van der Waals surface area contributed by atoms with Crippen molar-refractivity contribution in [2.45, 2.75) is 23.8 Å². The number of hydrogen-bond acceptors (Lipinski definition) is 5. The molecule has 3 aromatic rings. The van der Waals surface area contributed by atoms with Gasteiger partial charge < -0.3 is 14.6 Å². The highest BCUT2D eigenvalue weighted by atomic mass is 32.2. The van der Waals surface area contributed by atoms with E-state index in [1.807, 2.05) is 35.9 Å². The van der Waals surface area contributed by atoms with Crippen LogP contribution < -0.4 is 10.1 Å². The molecule has 1 aromatic heterocycles. The molecule has 1 fully saturated rings. The minimum absolute atomic E-state index is 0.0130. The molecule has 2 aromatic carbocycles. The highest BCUT2D eigenvalue weighted by molar-refractivity contribution is 7.89. The Morgan fingerprint density at radius 3 is 2.50 bits per heavy atom. The van der Waals surface area contributed by atoms with Crippen LogP contribution in [0.2, 0.25) is 0 Å². The zero-order valence-corrected chi connectivity index (χ0v) is 19.8. The van der Waals surface area contributed by atoms with Crippen LogP contribution in [0.1, 0.15) is 30.3 Å². The van der Waals surface area contributed by atoms with E-state index in [9.17, 15) is 17.6 Å². The Labute approximate surface area is 198 Å². The van der Waals surface area contributed by atoms with Crippen molar-refractivity contribution in [2.24, 2.45) is 13.0 Å². The summed E-state index contributed by atoms with van der Waals surface area (Å²) in [6.07, 6.45) is 4.58. The van der Waals surface area contributed by atoms with Crippen LogP contribution >= 0.6 is 0 Å². The van der Waals surface area contributed by atoms with Crippen molar-refractivity contribution >= 4 is 15.9 Å². The maximum Gasteiger partial charge on any atom is 0.243 e. The van der Waals surface area contributed by atoms with Gasteiger partial charge in [0.05, 0.1) is 17.9 Å². The summed E-state index contributed by atoms with van der Waals surface area (Å²) in [5.74, 6) is 0.0780. The molecule has 0 saturated carbocycles. The SMILES string of the molecule is COc1ccc([C@@H](NC(=O)[C@H]2CCCN(S(=O)(=O)c3ccc(F)cc3)C2)c2nccn2C)cc1. The first-order valence-corrected chi connectivity index (χ1v) is 12.4. The van der Waals surface area contributed by atoms with Crippen LogP contribution in [0.4, 0.5) is 4.39 Å². The average molecular weight is 487 g/mol. The van der Waals surface area contributed by atoms with Gasteiger partial charge in [-0.15, -0.1) is 0 Å². The Kier molecular flexibility index (Phi) is 6.99. The van der Waals surface area contributed by atoms with Crippen molar-refractivity contribution in [3.8, 4) is 5.75 Å². The van der Waals surface area contributed by atoms with Crippen molar-refractivity contribution in [3.05, 3.63) is 78.1 Å². The quantitative estimate of drug-likeness (QED) is 0.554. The molecule has 0 bridgehead atoms. The highest BCUT2D eigenvalue weighted by Gasteiger charge is 2.34. The predicted octanol–water partition coefficient (Wildman–Crippen LogP) is 2.87. The zero-order valence-electron chi connectivity index (χ0n) is 19.0. The van der Waals surface area contributed by atoms with Crippen LogP contribution in [0, 0.1) is 11.7 Å². The fraction of sp³-hybridized carbons (Fsp3) is 0.333. The molecule has 180 valence electrons. The number of benzene rings is 2. The zero-order chi connectivity index (χ0) is 24.3. The Bertz CT molecular complexity index is 1240. The molecule has 10 heteroatoms. The van der Waals surface area contributed by atoms with Crippen molar-refractivity contribution in [2.75, 3.05) is 20.2 Å². The Balaban J connectivity index is 1.54. The van der Waals surface area contributed by atoms with Crippen LogP contribution in [-0.4, -0.2) is 48.4 Å². The fourth-order valence-electron chi connectivity index (χ4n) is 4.14. The predicted molar refractivity (Wildman–Crippen MR) is 124 cm³/mol. The van der Waals surface area contributed by atoms with Crippen LogP contribution in [0.5, 0.6) is 5.75 Å². The van der Waals surface area contributed by atoms with Crippen molar-refractivity contribution < 1.29 is 22.3 Å². The first-order chi connectivity index (χ1) is 16.3. The Morgan fingerprint density at radius 2 is 1.88 bits per heavy atom. The largest absolute Gasteiger partial charge is 0.497 e. The number of methoxy groups -OCH3 is 1. The topological polar surface area (TPSA) is 93.5 Å². The van der Waals surface area contributed by atoms with E-state index < -0.39 is 27.8 Å². The molecule has 2 atom stereocenters. The number of rotatable bonds is 7. The number of aryl methyl sites for hydroxylation is 1. The summed E-state index contributed by atoms with van der Waals surface area (Å²) < 4.78 is 47.7. The number of amides is 1. The number of piperidine rings is 1. The van der Waals surface area contributed by atoms with Gasteiger partial charge in [0.25, 0.3) is 0 Å². The molecule has 1 amide bonds. The molecule has 0 spiro atoms. The van der Waals surface area contributed by atoms with Gasteiger partial charge in [-0.2, -0.15) is 4.31 Å². The summed E-state index contributed by atoms with van der Waals surface area (Å²) >= 11 is 0. The number of ether oxygens (including phenoxy) is 1. The van der Waals surface area contributed by atoms with Crippen LogP contribution in [0.15, 0.2) is 65.8 Å². The summed E-state index contributed by atoms with van der Waals surface area (Å²) in [5, 5.41) is 3.07. The molecule has 4 rings (SSSR count). The molecule has 0 unspecified atom stereocenters. The molecular formula is C24H27FN4O4S. The lowest BCUT2D eigenvalue weighted by Gasteiger charge is -2.32. The third-order valence-corrected chi connectivity index (χ3v) is 7.94. The van der Waals surface area contributed by atoms with Gasteiger partial charge in [-0.25, -0.2) is 17.8 Å². The van der Waals surface area contributed by atoms with Gasteiger partial charge in [-0.05, 0) is 54.8 Å². The standard InChI is InChI=1S/C24H27FN4O4S/c1-28-15-13-26-23(28)22(17-5-9-20(33-2)10-6-17)27-24(30)18-4-3-14-29(16-18)34(31,32)21-11-7-19(25)8-12-21/h5-13,15,18,22H,3-4,14,16H2,1-2H3,(H,27,30)/t18-,22+/m0/s1. The summed E-state index contributed by atoms with van der Waals surface area (Å²) in [6.45, 7) is 0.367. The minimum Gasteiger partial charge on any atom is -0.497 e. The van der Waals surface area contributed by atoms with Crippen molar-refractivity contribution in [1.82, 2.24) is 19.2 Å². The lowest BCUT2D eigenvalue weighted by Crippen LogP contribution is -2.46. The normalized spacial score (nSPS) is 17.8. The van der Waals surface area contributed by atoms with E-state index in [-0.39, 0.29) is 17.3 Å². The van der Waals surface area contributed by atoms with E-state index in [1.165, 1.54) is 16.4 Å². The average Bonchev–Trinajstić information content (AvgIpc) is 3.28. The van der Waals surface area contributed by atoms with Gasteiger partial charge in [0.1, 0.15) is 23.4 Å². The van der Waals surface area contributed by atoms with E-state index >= 15 is 0 Å². The number of sulfonamides is 1. The molecular weight excluding hydrogens is 459 g/mol. The lowest BCUT2D eigenvalue weighted by atomic mass is 9.97. The second kappa shape index (κ2) is 9.94. The Morgan fingerprint density at radius 1 is 1.18 bits per heavy atom. The molecule has 8 nitrogen and oxygen atoms in total. The second-order valence-corrected chi connectivity index (χ2v) is 10.2. The maximum absolute atomic E-state index is 13.3. The fourth-order valence-corrected chi connectivity index (χ4v) is 5.66. The Hall–Kier alpha value is -3.24. The van der Waals surface area contributed by atoms with Gasteiger partial charge in [-0.3, -0.25) is 4.79 Å². The van der Waals surface area contributed by atoms with Gasteiger partial charge in [-0.1, -0.05) is 12.1 Å². The third-order valence-electron chi connectivity index (χ3n) is 6.06. The van der Waals surface area contributed by atoms with E-state index in [0.717, 1.165) is 17.7 Å². The molecule has 34 heavy (non-hydrogen) atoms. The maximum atomic E-state index is 13.3. The highest BCUT2D eigenvalue weighted by Crippen LogP contribution is 2.27. The smallest absolute Gasteiger partial charge is 0.243 e. The van der Waals surface area contributed by atoms with E-state index in [1.54, 1.807) is 19.5 Å². The third kappa shape index (κ3) is 4.97. The van der Waals surface area contributed by atoms with E-state index in [4.69, 9.17) is 4.74 Å². The molecule has 1 saturated heterocycles. The van der Waals surface area contributed by atoms with Crippen LogP contribution in [0.3, 0.4) is 0 Å². The van der Waals surface area contributed by atoms with E-state index in [2.05, 4.69) is 10.3 Å². The number of imidazole rings is 1. The molecule has 2 heterocycles. The number of nitrogens with one attached hydrogen (secondary N) is 1. The summed E-state index contributed by atoms with van der Waals surface area (Å²) in [4.78, 5) is 17.7. The first-order valence-electron chi connectivity index (χ1n) is 11.0. The lowest BCUT2D eigenvalue weighted by molar-refractivity contribution is -0.126. The number of carbonyl (C=O) groups is 1. The first kappa shape index (κ1) is 23.9. The monoisotopic (exact) mass is 486 g/mol. The number of halogens is 1. The molecule has 0 radical (unpaired) electrons. The van der Waals surface area contributed by atoms with Crippen molar-refractivity contribution in [1.29, 1.82) is 0 Å². The van der Waals surface area contributed by atoms with Crippen molar-refractivity contribution in [3.63, 3.8) is 0 Å². The van der Waals surface area contributed by atoms with Crippen LogP contribution in [0.25, 0.3) is 0 Å². The van der Waals surface area contributed by atoms with E-state index in [0.29, 0.717) is 31.0 Å². The van der Waals surface area contributed by atoms with Crippen LogP contribution in [-0.2, 0) is 21.9 Å². The number of nitrogens with zero attached hydrogens (tertiary/aromatic N) is 3. The molecule has 0 aliphatic carbocycles. The number of hydrogen-bond donors (Lipinski definition) is 1. The summed E-state index contributed by atoms with van der Waals surface area (Å²) in [5.41, 5.74) is 0.829. The summed E-state index contributed by atoms with van der Waals surface area (Å²) in [7, 11) is -0.392. The van der Waals surface area contributed by atoms with Gasteiger partial charge in [0.15, 0.2) is 0 Å². The van der Waals surface area contributed by atoms with Gasteiger partial charge in [0.2, 0.25) is 15.9 Å². The van der Waals surface area contributed by atoms with Gasteiger partial charge >= 0.3 is 0 Å². The number of aromatic nitrogens is 2. The molecule has 1 N–H and O–H groups in total. The minimum atomic E-state index is -3.83.